The fourth-order valence-electron chi connectivity index (χ4n) is 3.62. The summed E-state index contributed by atoms with van der Waals surface area (Å²) in [5.41, 5.74) is -1.55. The van der Waals surface area contributed by atoms with Gasteiger partial charge in [0.15, 0.2) is 17.5 Å². The standard InChI is InChI=1S/C33H20F8O2/c1-2-3-14-42-24-12-13-26(29(36)18-24)33(40,41)43-25-11-10-23(28(35)19-25)8-5-20-4-7-22(27(34)15-20)9-6-21-16-30(37)32(39)31(38)17-21/h4,7,10-13,15-19H,2-3,14H2,1H3. The van der Waals surface area contributed by atoms with Crippen LogP contribution in [0.3, 0.4) is 0 Å². The summed E-state index contributed by atoms with van der Waals surface area (Å²) in [7, 11) is 0. The Hall–Kier alpha value is -4.96. The van der Waals surface area contributed by atoms with Crippen molar-refractivity contribution < 1.29 is 44.6 Å². The van der Waals surface area contributed by atoms with E-state index in [4.69, 9.17) is 4.74 Å². The average Bonchev–Trinajstić information content (AvgIpc) is 2.94. The first-order valence-corrected chi connectivity index (χ1v) is 12.7. The Kier molecular flexibility index (Phi) is 9.62. The van der Waals surface area contributed by atoms with Crippen LogP contribution in [0.15, 0.2) is 66.7 Å². The fraction of sp³-hybridized carbons (Fsp3) is 0.152. The molecule has 0 N–H and O–H groups in total. The second-order valence-electron chi connectivity index (χ2n) is 9.05. The molecule has 2 nitrogen and oxygen atoms in total. The highest BCUT2D eigenvalue weighted by molar-refractivity contribution is 5.49. The Morgan fingerprint density at radius 1 is 0.605 bits per heavy atom. The largest absolute Gasteiger partial charge is 0.493 e. The molecule has 43 heavy (non-hydrogen) atoms. The molecule has 0 aliphatic heterocycles. The van der Waals surface area contributed by atoms with E-state index >= 15 is 0 Å². The molecule has 0 unspecified atom stereocenters. The first-order chi connectivity index (χ1) is 20.5. The van der Waals surface area contributed by atoms with Crippen molar-refractivity contribution in [3.8, 4) is 35.2 Å². The van der Waals surface area contributed by atoms with E-state index in [0.717, 1.165) is 36.8 Å². The lowest BCUT2D eigenvalue weighted by molar-refractivity contribution is -0.187. The number of halogens is 8. The summed E-state index contributed by atoms with van der Waals surface area (Å²) in [6, 6.07) is 10.4. The van der Waals surface area contributed by atoms with Crippen LogP contribution in [0.5, 0.6) is 11.5 Å². The first kappa shape index (κ1) is 31.0. The van der Waals surface area contributed by atoms with Gasteiger partial charge in [-0.25, -0.2) is 26.3 Å². The molecule has 0 radical (unpaired) electrons. The summed E-state index contributed by atoms with van der Waals surface area (Å²) in [5, 5.41) is 0. The number of hydrogen-bond donors (Lipinski definition) is 0. The van der Waals surface area contributed by atoms with Crippen molar-refractivity contribution >= 4 is 0 Å². The molecule has 0 saturated carbocycles. The number of benzene rings is 4. The zero-order valence-electron chi connectivity index (χ0n) is 22.3. The van der Waals surface area contributed by atoms with Gasteiger partial charge in [-0.3, -0.25) is 0 Å². The average molecular weight is 601 g/mol. The molecule has 0 fully saturated rings. The van der Waals surface area contributed by atoms with Gasteiger partial charge in [0, 0.05) is 23.3 Å². The molecule has 0 saturated heterocycles. The third-order valence-electron chi connectivity index (χ3n) is 5.84. The Bertz CT molecular complexity index is 1750. The lowest BCUT2D eigenvalue weighted by Gasteiger charge is -2.19. The van der Waals surface area contributed by atoms with Gasteiger partial charge in [-0.2, -0.15) is 8.78 Å². The zero-order chi connectivity index (χ0) is 31.1. The molecule has 0 amide bonds. The van der Waals surface area contributed by atoms with Crippen molar-refractivity contribution in [1.29, 1.82) is 0 Å². The molecule has 0 aliphatic rings. The third kappa shape index (κ3) is 7.87. The van der Waals surface area contributed by atoms with Gasteiger partial charge in [0.25, 0.3) is 0 Å². The molecule has 4 aromatic rings. The number of hydrogen-bond acceptors (Lipinski definition) is 2. The highest BCUT2D eigenvalue weighted by Crippen LogP contribution is 2.35. The van der Waals surface area contributed by atoms with Crippen molar-refractivity contribution in [3.63, 3.8) is 0 Å². The summed E-state index contributed by atoms with van der Waals surface area (Å²) in [6.07, 6.45) is -2.58. The van der Waals surface area contributed by atoms with Gasteiger partial charge in [0.05, 0.1) is 17.7 Å². The van der Waals surface area contributed by atoms with E-state index in [-0.39, 0.29) is 28.0 Å². The molecule has 0 aliphatic carbocycles. The van der Waals surface area contributed by atoms with E-state index < -0.39 is 52.3 Å². The van der Waals surface area contributed by atoms with Crippen molar-refractivity contribution in [2.24, 2.45) is 0 Å². The number of alkyl halides is 2. The quantitative estimate of drug-likeness (QED) is 0.0916. The van der Waals surface area contributed by atoms with Gasteiger partial charge in [-0.1, -0.05) is 37.0 Å². The van der Waals surface area contributed by atoms with Crippen LogP contribution in [0.25, 0.3) is 0 Å². The summed E-state index contributed by atoms with van der Waals surface area (Å²) in [6.45, 7) is 2.23. The smallest absolute Gasteiger partial charge is 0.429 e. The zero-order valence-corrected chi connectivity index (χ0v) is 22.3. The van der Waals surface area contributed by atoms with Gasteiger partial charge in [-0.15, -0.1) is 0 Å². The highest BCUT2D eigenvalue weighted by Gasteiger charge is 2.38. The lowest BCUT2D eigenvalue weighted by atomic mass is 10.1. The van der Waals surface area contributed by atoms with Crippen molar-refractivity contribution in [1.82, 2.24) is 0 Å². The number of rotatable bonds is 7. The van der Waals surface area contributed by atoms with Crippen LogP contribution < -0.4 is 9.47 Å². The van der Waals surface area contributed by atoms with Gasteiger partial charge >= 0.3 is 6.11 Å². The van der Waals surface area contributed by atoms with E-state index in [1.54, 1.807) is 0 Å². The van der Waals surface area contributed by atoms with Crippen LogP contribution >= 0.6 is 0 Å². The molecule has 4 rings (SSSR count). The molecule has 0 heterocycles. The van der Waals surface area contributed by atoms with E-state index in [2.05, 4.69) is 28.4 Å². The summed E-state index contributed by atoms with van der Waals surface area (Å²) in [5.74, 6) is 1.49. The minimum atomic E-state index is -4.13. The van der Waals surface area contributed by atoms with E-state index in [0.29, 0.717) is 31.2 Å². The van der Waals surface area contributed by atoms with Crippen LogP contribution in [0.2, 0.25) is 0 Å². The Morgan fingerprint density at radius 2 is 1.16 bits per heavy atom. The molecule has 0 aromatic heterocycles. The second kappa shape index (κ2) is 13.3. The maximum atomic E-state index is 14.7. The van der Waals surface area contributed by atoms with E-state index in [1.165, 1.54) is 18.2 Å². The molecule has 0 atom stereocenters. The number of unbranched alkanes of at least 4 members (excludes halogenated alkanes) is 1. The second-order valence-corrected chi connectivity index (χ2v) is 9.05. The maximum Gasteiger partial charge on any atom is 0.429 e. The van der Waals surface area contributed by atoms with Crippen LogP contribution in [0.4, 0.5) is 35.1 Å². The van der Waals surface area contributed by atoms with Crippen LogP contribution in [-0.4, -0.2) is 6.61 Å². The number of ether oxygens (including phenoxy) is 2. The predicted molar refractivity (Wildman–Crippen MR) is 142 cm³/mol. The van der Waals surface area contributed by atoms with E-state index in [9.17, 15) is 35.1 Å². The molecule has 220 valence electrons. The molecule has 0 bridgehead atoms. The summed E-state index contributed by atoms with van der Waals surface area (Å²) >= 11 is 0. The van der Waals surface area contributed by atoms with Crippen molar-refractivity contribution in [2.75, 3.05) is 6.61 Å². The summed E-state index contributed by atoms with van der Waals surface area (Å²) in [4.78, 5) is 0. The van der Waals surface area contributed by atoms with Crippen molar-refractivity contribution in [2.45, 2.75) is 25.9 Å². The monoisotopic (exact) mass is 600 g/mol. The van der Waals surface area contributed by atoms with Crippen LogP contribution in [-0.2, 0) is 6.11 Å². The van der Waals surface area contributed by atoms with Gasteiger partial charge < -0.3 is 9.47 Å². The normalized spacial score (nSPS) is 10.8. The van der Waals surface area contributed by atoms with Gasteiger partial charge in [-0.05, 0) is 61.0 Å². The maximum absolute atomic E-state index is 14.7. The fourth-order valence-corrected chi connectivity index (χ4v) is 3.62. The topological polar surface area (TPSA) is 18.5 Å². The van der Waals surface area contributed by atoms with Crippen molar-refractivity contribution in [3.05, 3.63) is 129 Å². The van der Waals surface area contributed by atoms with Crippen LogP contribution in [0.1, 0.15) is 47.6 Å². The SMILES string of the molecule is CCCCOc1ccc(C(F)(F)Oc2ccc(C#Cc3ccc(C#Cc4cc(F)c(F)c(F)c4)c(F)c3)c(F)c2)c(F)c1. The van der Waals surface area contributed by atoms with E-state index in [1.807, 2.05) is 6.92 Å². The Labute approximate surface area is 241 Å². The first-order valence-electron chi connectivity index (χ1n) is 12.7. The van der Waals surface area contributed by atoms with Gasteiger partial charge in [0.2, 0.25) is 0 Å². The Balaban J connectivity index is 1.46. The Morgan fingerprint density at radius 3 is 1.77 bits per heavy atom. The summed E-state index contributed by atoms with van der Waals surface area (Å²) < 4.78 is 122. The molecule has 4 aromatic carbocycles. The molecule has 10 heteroatoms. The molecular formula is C33H20F8O2. The molecule has 0 spiro atoms. The minimum Gasteiger partial charge on any atom is -0.493 e. The van der Waals surface area contributed by atoms with Crippen LogP contribution in [0, 0.1) is 58.6 Å². The molecular weight excluding hydrogens is 580 g/mol. The third-order valence-corrected chi connectivity index (χ3v) is 5.84. The minimum absolute atomic E-state index is 0.0836. The lowest BCUT2D eigenvalue weighted by Crippen LogP contribution is -2.23. The predicted octanol–water partition coefficient (Wildman–Crippen LogP) is 8.63. The van der Waals surface area contributed by atoms with Gasteiger partial charge in [0.1, 0.15) is 34.5 Å². The highest BCUT2D eigenvalue weighted by atomic mass is 19.3.